The Labute approximate surface area is 247 Å². The molecule has 12 nitrogen and oxygen atoms in total. The molecular weight excluding hydrogens is 562 g/mol. The van der Waals surface area contributed by atoms with Crippen LogP contribution >= 0.6 is 35.9 Å². The van der Waals surface area contributed by atoms with Crippen molar-refractivity contribution in [2.45, 2.75) is 24.4 Å². The van der Waals surface area contributed by atoms with E-state index in [2.05, 4.69) is 65.1 Å². The van der Waals surface area contributed by atoms with Crippen molar-refractivity contribution in [1.29, 1.82) is 0 Å². The standard InChI is InChI=1S/C9H15N3OS.C7H13N3O.C5H10N2S.C3H7NO.ClH/c1-7(13)14-8-5-12(6-8)9-10-3-4-11(9)2;1-9-3-2-8-7(9)10-4-6(11)5-10;1-7-4-3-6-5(7)8-2;5-3-1-4-2-3;/h8H,3-6H2,1-2H3;6,11H,2-5H2,1H3;3-4H2,1-2H3;3-5H,1-2H2;1H. The van der Waals surface area contributed by atoms with Crippen LogP contribution in [0.4, 0.5) is 0 Å². The molecule has 0 bridgehead atoms. The fraction of sp³-hybridized carbons (Fsp3) is 0.833. The molecule has 0 radical (unpaired) electrons. The number of hydrogen-bond acceptors (Lipinski definition) is 14. The predicted molar refractivity (Wildman–Crippen MR) is 166 cm³/mol. The normalized spacial score (nSPS) is 22.4. The number of aliphatic hydroxyl groups excluding tert-OH is 2. The summed E-state index contributed by atoms with van der Waals surface area (Å²) in [6, 6.07) is 0. The van der Waals surface area contributed by atoms with Crippen LogP contribution < -0.4 is 5.32 Å². The number of hydrogen-bond donors (Lipinski definition) is 3. The van der Waals surface area contributed by atoms with Crippen molar-refractivity contribution in [3.8, 4) is 0 Å². The number of aliphatic imine (C=N–C) groups is 3. The van der Waals surface area contributed by atoms with Gasteiger partial charge in [-0.3, -0.25) is 19.8 Å². The van der Waals surface area contributed by atoms with Crippen LogP contribution in [0.25, 0.3) is 0 Å². The van der Waals surface area contributed by atoms with Gasteiger partial charge in [0.05, 0.1) is 31.8 Å². The Bertz CT molecular complexity index is 866. The smallest absolute Gasteiger partial charge is 0.196 e. The number of nitrogens with zero attached hydrogens (tertiary/aromatic N) is 8. The number of halogens is 1. The molecule has 15 heteroatoms. The summed E-state index contributed by atoms with van der Waals surface area (Å²) in [6.45, 7) is 12.6. The summed E-state index contributed by atoms with van der Waals surface area (Å²) in [5.41, 5.74) is 0. The van der Waals surface area contributed by atoms with E-state index in [0.29, 0.717) is 5.25 Å². The predicted octanol–water partition coefficient (Wildman–Crippen LogP) is -0.761. The molecule has 0 aromatic rings. The first-order valence-corrected chi connectivity index (χ1v) is 15.3. The van der Waals surface area contributed by atoms with Gasteiger partial charge in [-0.15, -0.1) is 12.4 Å². The van der Waals surface area contributed by atoms with Crippen LogP contribution in [-0.4, -0.2) is 180 Å². The first-order valence-electron chi connectivity index (χ1n) is 13.2. The Morgan fingerprint density at radius 2 is 1.28 bits per heavy atom. The van der Waals surface area contributed by atoms with E-state index in [4.69, 9.17) is 10.2 Å². The Kier molecular flexibility index (Phi) is 14.5. The molecule has 6 heterocycles. The third-order valence-electron chi connectivity index (χ3n) is 6.62. The number of carbonyl (C=O) groups excluding carboxylic acids is 1. The number of guanidine groups is 2. The number of likely N-dealkylation sites (N-methyl/N-ethyl adjacent to an activating group) is 3. The molecule has 6 aliphatic rings. The van der Waals surface area contributed by atoms with E-state index in [0.717, 1.165) is 90.5 Å². The lowest BCUT2D eigenvalue weighted by Gasteiger charge is -2.41. The highest BCUT2D eigenvalue weighted by Crippen LogP contribution is 2.24. The summed E-state index contributed by atoms with van der Waals surface area (Å²) in [5.74, 6) is 2.15. The van der Waals surface area contributed by atoms with Gasteiger partial charge in [0.1, 0.15) is 0 Å². The van der Waals surface area contributed by atoms with E-state index in [9.17, 15) is 4.79 Å². The molecule has 0 aliphatic carbocycles. The minimum Gasteiger partial charge on any atom is -0.390 e. The maximum absolute atomic E-state index is 10.8. The summed E-state index contributed by atoms with van der Waals surface area (Å²) in [5, 5.41) is 22.2. The molecule has 0 aromatic carbocycles. The van der Waals surface area contributed by atoms with E-state index in [1.165, 1.54) is 16.9 Å². The highest BCUT2D eigenvalue weighted by molar-refractivity contribution is 8.14. The number of thioether (sulfide) groups is 2. The second kappa shape index (κ2) is 16.7. The minimum atomic E-state index is -0.133. The zero-order chi connectivity index (χ0) is 27.7. The summed E-state index contributed by atoms with van der Waals surface area (Å²) in [7, 11) is 6.18. The van der Waals surface area contributed by atoms with Crippen molar-refractivity contribution in [2.75, 3.05) is 106 Å². The zero-order valence-corrected chi connectivity index (χ0v) is 26.3. The van der Waals surface area contributed by atoms with Gasteiger partial charge in [-0.2, -0.15) is 0 Å². The van der Waals surface area contributed by atoms with Gasteiger partial charge in [0.25, 0.3) is 0 Å². The largest absolute Gasteiger partial charge is 0.390 e. The van der Waals surface area contributed by atoms with Crippen LogP contribution in [0.1, 0.15) is 6.92 Å². The average Bonchev–Trinajstić information content (AvgIpc) is 3.55. The SMILES string of the molecule is CC(=O)SC1CN(C2=NCCN2C)C1.CN1CCN=C1N1CC(O)C1.CSC1=NCCN1C.Cl.OC1CNC1. The third kappa shape index (κ3) is 10.5. The van der Waals surface area contributed by atoms with Crippen LogP contribution in [0.15, 0.2) is 15.0 Å². The van der Waals surface area contributed by atoms with Crippen molar-refractivity contribution in [3.05, 3.63) is 0 Å². The molecule has 224 valence electrons. The maximum Gasteiger partial charge on any atom is 0.196 e. The molecule has 3 fully saturated rings. The van der Waals surface area contributed by atoms with Crippen molar-refractivity contribution in [2.24, 2.45) is 15.0 Å². The summed E-state index contributed by atoms with van der Waals surface area (Å²) in [4.78, 5) is 34.7. The van der Waals surface area contributed by atoms with Gasteiger partial charge in [0.2, 0.25) is 0 Å². The summed E-state index contributed by atoms with van der Waals surface area (Å²) in [6.07, 6.45) is 1.88. The molecule has 0 saturated carbocycles. The zero-order valence-electron chi connectivity index (χ0n) is 23.8. The van der Waals surface area contributed by atoms with Gasteiger partial charge in [-0.1, -0.05) is 23.5 Å². The van der Waals surface area contributed by atoms with E-state index in [1.54, 1.807) is 18.7 Å². The number of nitrogens with one attached hydrogen (secondary N) is 1. The van der Waals surface area contributed by atoms with E-state index < -0.39 is 0 Å². The quantitative estimate of drug-likeness (QED) is 0.349. The maximum atomic E-state index is 10.8. The monoisotopic (exact) mass is 607 g/mol. The van der Waals surface area contributed by atoms with Gasteiger partial charge in [-0.25, -0.2) is 0 Å². The van der Waals surface area contributed by atoms with E-state index in [-0.39, 0.29) is 29.7 Å². The molecule has 0 aromatic heterocycles. The summed E-state index contributed by atoms with van der Waals surface area (Å²) < 4.78 is 0. The van der Waals surface area contributed by atoms with Crippen LogP contribution in [0.2, 0.25) is 0 Å². The van der Waals surface area contributed by atoms with Gasteiger partial charge in [0.15, 0.2) is 22.2 Å². The van der Waals surface area contributed by atoms with Crippen LogP contribution in [0.5, 0.6) is 0 Å². The minimum absolute atomic E-state index is 0. The van der Waals surface area contributed by atoms with E-state index >= 15 is 0 Å². The first-order chi connectivity index (χ1) is 18.2. The first kappa shape index (κ1) is 33.8. The van der Waals surface area contributed by atoms with Crippen molar-refractivity contribution in [3.63, 3.8) is 0 Å². The van der Waals surface area contributed by atoms with Gasteiger partial charge < -0.3 is 40.0 Å². The molecule has 6 aliphatic heterocycles. The Balaban J connectivity index is 0.000000191. The molecule has 0 spiro atoms. The molecule has 6 rings (SSSR count). The number of aliphatic hydroxyl groups is 2. The highest BCUT2D eigenvalue weighted by atomic mass is 35.5. The second-order valence-corrected chi connectivity index (χ2v) is 12.3. The molecule has 3 N–H and O–H groups in total. The van der Waals surface area contributed by atoms with Crippen LogP contribution in [-0.2, 0) is 4.79 Å². The molecular formula is C24H46ClN9O3S2. The molecule has 0 unspecified atom stereocenters. The third-order valence-corrected chi connectivity index (χ3v) is 8.39. The number of amidine groups is 1. The number of rotatable bonds is 1. The van der Waals surface area contributed by atoms with Crippen LogP contribution in [0.3, 0.4) is 0 Å². The summed E-state index contributed by atoms with van der Waals surface area (Å²) >= 11 is 3.17. The Hall–Kier alpha value is -1.45. The van der Waals surface area contributed by atoms with Crippen molar-refractivity contribution in [1.82, 2.24) is 29.8 Å². The average molecular weight is 608 g/mol. The Morgan fingerprint density at radius 3 is 1.56 bits per heavy atom. The lowest BCUT2D eigenvalue weighted by molar-refractivity contribution is -0.109. The van der Waals surface area contributed by atoms with Gasteiger partial charge in [0, 0.05) is 92.2 Å². The fourth-order valence-electron chi connectivity index (χ4n) is 4.26. The van der Waals surface area contributed by atoms with E-state index in [1.807, 2.05) is 7.05 Å². The van der Waals surface area contributed by atoms with Crippen LogP contribution in [0, 0.1) is 0 Å². The van der Waals surface area contributed by atoms with Gasteiger partial charge in [-0.05, 0) is 6.26 Å². The molecule has 3 saturated heterocycles. The fourth-order valence-corrected chi connectivity index (χ4v) is 5.86. The molecule has 0 amide bonds. The lowest BCUT2D eigenvalue weighted by atomic mass is 10.2. The number of likely N-dealkylation sites (tertiary alicyclic amines) is 2. The number of carbonyl (C=O) groups is 1. The number of β-amino-alcohol motifs (C(OH)–C–C–N with tert-alkyl or cyclic N) is 2. The highest BCUT2D eigenvalue weighted by Gasteiger charge is 2.33. The Morgan fingerprint density at radius 1 is 0.821 bits per heavy atom. The topological polar surface area (TPSA) is 123 Å². The second-order valence-electron chi connectivity index (χ2n) is 10.0. The van der Waals surface area contributed by atoms with Crippen molar-refractivity contribution < 1.29 is 15.0 Å². The molecule has 0 atom stereocenters. The van der Waals surface area contributed by atoms with Crippen molar-refractivity contribution >= 4 is 58.1 Å². The van der Waals surface area contributed by atoms with Gasteiger partial charge >= 0.3 is 0 Å². The lowest BCUT2D eigenvalue weighted by Crippen LogP contribution is -2.56. The molecule has 39 heavy (non-hydrogen) atoms.